The van der Waals surface area contributed by atoms with Gasteiger partial charge in [0.25, 0.3) is 0 Å². The van der Waals surface area contributed by atoms with Gasteiger partial charge in [-0.25, -0.2) is 0 Å². The lowest BCUT2D eigenvalue weighted by molar-refractivity contribution is 0.0999. The Balaban J connectivity index is 3.02. The number of carbonyl (C=O) groups excluding carboxylic acids is 1. The van der Waals surface area contributed by atoms with Crippen molar-refractivity contribution in [3.8, 4) is 0 Å². The number of rotatable bonds is 4. The molecule has 1 aromatic carbocycles. The van der Waals surface area contributed by atoms with Crippen LogP contribution in [0.1, 0.15) is 41.3 Å². The minimum absolute atomic E-state index is 0.311. The molecule has 1 rings (SSSR count). The number of benzene rings is 1. The Kier molecular flexibility index (Phi) is 3.69. The number of carbonyl (C=O) groups is 1. The Morgan fingerprint density at radius 3 is 2.71 bits per heavy atom. The van der Waals surface area contributed by atoms with Crippen LogP contribution in [0.2, 0.25) is 0 Å². The monoisotopic (exact) mass is 191 g/mol. The van der Waals surface area contributed by atoms with E-state index in [1.165, 1.54) is 0 Å². The molecule has 0 aliphatic carbocycles. The van der Waals surface area contributed by atoms with Crippen LogP contribution in [-0.4, -0.2) is 5.91 Å². The quantitative estimate of drug-likeness (QED) is 0.780. The van der Waals surface area contributed by atoms with E-state index in [1.807, 2.05) is 25.1 Å². The molecule has 0 unspecified atom stereocenters. The van der Waals surface area contributed by atoms with E-state index in [1.54, 1.807) is 0 Å². The molecule has 76 valence electrons. The molecule has 0 spiro atoms. The third kappa shape index (κ3) is 2.34. The molecular weight excluding hydrogens is 174 g/mol. The van der Waals surface area contributed by atoms with Gasteiger partial charge in [-0.15, -0.1) is 0 Å². The summed E-state index contributed by atoms with van der Waals surface area (Å²) < 4.78 is 0. The van der Waals surface area contributed by atoms with Crippen LogP contribution in [-0.2, 0) is 6.42 Å². The van der Waals surface area contributed by atoms with Gasteiger partial charge in [0.1, 0.15) is 0 Å². The number of primary amides is 1. The zero-order valence-corrected chi connectivity index (χ0v) is 8.84. The molecule has 0 radical (unpaired) electrons. The number of amides is 1. The van der Waals surface area contributed by atoms with Crippen LogP contribution in [0.15, 0.2) is 18.2 Å². The van der Waals surface area contributed by atoms with Crippen LogP contribution in [0.25, 0.3) is 0 Å². The Hall–Kier alpha value is -1.31. The second kappa shape index (κ2) is 4.80. The van der Waals surface area contributed by atoms with Gasteiger partial charge in [0.2, 0.25) is 5.91 Å². The van der Waals surface area contributed by atoms with Crippen LogP contribution in [0.5, 0.6) is 0 Å². The Bertz CT molecular complexity index is 331. The zero-order chi connectivity index (χ0) is 10.6. The molecule has 0 atom stereocenters. The van der Waals surface area contributed by atoms with E-state index in [4.69, 9.17) is 5.73 Å². The van der Waals surface area contributed by atoms with Crippen LogP contribution < -0.4 is 5.73 Å². The number of hydrogen-bond donors (Lipinski definition) is 1. The van der Waals surface area contributed by atoms with Crippen LogP contribution in [0.3, 0.4) is 0 Å². The lowest BCUT2D eigenvalue weighted by Crippen LogP contribution is -2.15. The molecule has 1 aromatic rings. The minimum Gasteiger partial charge on any atom is -0.366 e. The smallest absolute Gasteiger partial charge is 0.249 e. The normalized spacial score (nSPS) is 10.1. The van der Waals surface area contributed by atoms with Crippen molar-refractivity contribution in [1.29, 1.82) is 0 Å². The summed E-state index contributed by atoms with van der Waals surface area (Å²) in [5.74, 6) is -0.311. The molecule has 2 nitrogen and oxygen atoms in total. The van der Waals surface area contributed by atoms with Crippen LogP contribution >= 0.6 is 0 Å². The van der Waals surface area contributed by atoms with Crippen molar-refractivity contribution >= 4 is 5.91 Å². The van der Waals surface area contributed by atoms with E-state index in [2.05, 4.69) is 6.92 Å². The summed E-state index contributed by atoms with van der Waals surface area (Å²) in [6.07, 6.45) is 3.17. The SMILES string of the molecule is CCCCc1cccc(C)c1C(N)=O. The van der Waals surface area contributed by atoms with E-state index in [0.29, 0.717) is 5.56 Å². The number of unbranched alkanes of at least 4 members (excludes halogenated alkanes) is 1. The lowest BCUT2D eigenvalue weighted by atomic mass is 9.97. The maximum Gasteiger partial charge on any atom is 0.249 e. The van der Waals surface area contributed by atoms with E-state index in [-0.39, 0.29) is 5.91 Å². The van der Waals surface area contributed by atoms with Crippen LogP contribution in [0.4, 0.5) is 0 Å². The van der Waals surface area contributed by atoms with Crippen LogP contribution in [0, 0.1) is 6.92 Å². The summed E-state index contributed by atoms with van der Waals surface area (Å²) in [5, 5.41) is 0. The van der Waals surface area contributed by atoms with Crippen molar-refractivity contribution < 1.29 is 4.79 Å². The molecule has 0 bridgehead atoms. The van der Waals surface area contributed by atoms with Gasteiger partial charge in [0.05, 0.1) is 0 Å². The predicted octanol–water partition coefficient (Wildman–Crippen LogP) is 2.44. The first-order valence-electron chi connectivity index (χ1n) is 5.05. The standard InChI is InChI=1S/C12H17NO/c1-3-4-7-10-8-5-6-9(2)11(10)12(13)14/h5-6,8H,3-4,7H2,1-2H3,(H2,13,14). The lowest BCUT2D eigenvalue weighted by Gasteiger charge is -2.08. The van der Waals surface area contributed by atoms with Gasteiger partial charge in [-0.1, -0.05) is 31.5 Å². The second-order valence-corrected chi connectivity index (χ2v) is 3.58. The summed E-state index contributed by atoms with van der Waals surface area (Å²) in [4.78, 5) is 11.2. The summed E-state index contributed by atoms with van der Waals surface area (Å²) in [6.45, 7) is 4.06. The molecule has 0 aromatic heterocycles. The fourth-order valence-corrected chi connectivity index (χ4v) is 1.66. The van der Waals surface area contributed by atoms with Gasteiger partial charge in [-0.3, -0.25) is 4.79 Å². The van der Waals surface area contributed by atoms with Gasteiger partial charge < -0.3 is 5.73 Å². The van der Waals surface area contributed by atoms with Crippen molar-refractivity contribution in [1.82, 2.24) is 0 Å². The van der Waals surface area contributed by atoms with Gasteiger partial charge in [-0.2, -0.15) is 0 Å². The molecule has 0 heterocycles. The molecule has 0 fully saturated rings. The highest BCUT2D eigenvalue weighted by Gasteiger charge is 2.09. The fraction of sp³-hybridized carbons (Fsp3) is 0.417. The highest BCUT2D eigenvalue weighted by atomic mass is 16.1. The van der Waals surface area contributed by atoms with Crippen molar-refractivity contribution in [2.45, 2.75) is 33.1 Å². The maximum absolute atomic E-state index is 11.2. The Morgan fingerprint density at radius 2 is 2.14 bits per heavy atom. The second-order valence-electron chi connectivity index (χ2n) is 3.58. The summed E-state index contributed by atoms with van der Waals surface area (Å²) >= 11 is 0. The third-order valence-corrected chi connectivity index (χ3v) is 2.41. The van der Waals surface area contributed by atoms with Gasteiger partial charge in [0.15, 0.2) is 0 Å². The molecule has 14 heavy (non-hydrogen) atoms. The van der Waals surface area contributed by atoms with Crippen molar-refractivity contribution in [2.75, 3.05) is 0 Å². The first-order chi connectivity index (χ1) is 6.66. The summed E-state index contributed by atoms with van der Waals surface area (Å²) in [5.41, 5.74) is 8.12. The number of aryl methyl sites for hydroxylation is 2. The van der Waals surface area contributed by atoms with Gasteiger partial charge in [-0.05, 0) is 30.9 Å². The Labute approximate surface area is 85.1 Å². The molecule has 1 amide bonds. The summed E-state index contributed by atoms with van der Waals surface area (Å²) in [6, 6.07) is 5.89. The molecule has 0 aliphatic rings. The van der Waals surface area contributed by atoms with Crippen molar-refractivity contribution in [3.05, 3.63) is 34.9 Å². The van der Waals surface area contributed by atoms with Gasteiger partial charge in [0, 0.05) is 5.56 Å². The zero-order valence-electron chi connectivity index (χ0n) is 8.84. The molecule has 2 N–H and O–H groups in total. The molecule has 2 heteroatoms. The Morgan fingerprint density at radius 1 is 1.43 bits per heavy atom. The average Bonchev–Trinajstić information content (AvgIpc) is 2.14. The van der Waals surface area contributed by atoms with Gasteiger partial charge >= 0.3 is 0 Å². The highest BCUT2D eigenvalue weighted by Crippen LogP contribution is 2.15. The summed E-state index contributed by atoms with van der Waals surface area (Å²) in [7, 11) is 0. The number of nitrogens with two attached hydrogens (primary N) is 1. The third-order valence-electron chi connectivity index (χ3n) is 2.41. The fourth-order valence-electron chi connectivity index (χ4n) is 1.66. The minimum atomic E-state index is -0.311. The number of hydrogen-bond acceptors (Lipinski definition) is 1. The van der Waals surface area contributed by atoms with E-state index in [9.17, 15) is 4.79 Å². The highest BCUT2D eigenvalue weighted by molar-refractivity contribution is 5.95. The predicted molar refractivity (Wildman–Crippen MR) is 58.3 cm³/mol. The van der Waals surface area contributed by atoms with Crippen molar-refractivity contribution in [2.24, 2.45) is 5.73 Å². The molecule has 0 saturated heterocycles. The van der Waals surface area contributed by atoms with E-state index in [0.717, 1.165) is 30.4 Å². The van der Waals surface area contributed by atoms with Crippen molar-refractivity contribution in [3.63, 3.8) is 0 Å². The maximum atomic E-state index is 11.2. The largest absolute Gasteiger partial charge is 0.366 e. The first-order valence-corrected chi connectivity index (χ1v) is 5.05. The first kappa shape index (κ1) is 10.8. The molecule has 0 aliphatic heterocycles. The molecule has 0 saturated carbocycles. The molecular formula is C12H17NO. The van der Waals surface area contributed by atoms with E-state index < -0.39 is 0 Å². The topological polar surface area (TPSA) is 43.1 Å². The average molecular weight is 191 g/mol. The van der Waals surface area contributed by atoms with E-state index >= 15 is 0 Å².